The van der Waals surface area contributed by atoms with E-state index in [2.05, 4.69) is 10.6 Å². The Hall–Kier alpha value is -1.06. The second kappa shape index (κ2) is 7.09. The minimum atomic E-state index is -0.343. The van der Waals surface area contributed by atoms with Crippen molar-refractivity contribution in [2.45, 2.75) is 37.5 Å². The summed E-state index contributed by atoms with van der Waals surface area (Å²) in [7, 11) is 1.92. The van der Waals surface area contributed by atoms with Crippen molar-refractivity contribution in [2.75, 3.05) is 20.1 Å². The van der Waals surface area contributed by atoms with Crippen molar-refractivity contribution in [1.29, 1.82) is 0 Å². The largest absolute Gasteiger partial charge is 0.355 e. The summed E-state index contributed by atoms with van der Waals surface area (Å²) in [6.45, 7) is 1.66. The van der Waals surface area contributed by atoms with Gasteiger partial charge in [0.15, 0.2) is 0 Å². The molecule has 2 N–H and O–H groups in total. The predicted octanol–water partition coefficient (Wildman–Crippen LogP) is 2.88. The van der Waals surface area contributed by atoms with Gasteiger partial charge in [0, 0.05) is 11.6 Å². The van der Waals surface area contributed by atoms with Crippen LogP contribution < -0.4 is 10.6 Å². The standard InChI is InChI=1S/C16H23ClN2O/c1-18-11-4-12-19-15(20)16(9-2-3-10-16)13-5-7-14(17)8-6-13/h5-8,18H,2-4,9-12H2,1H3,(H,19,20). The summed E-state index contributed by atoms with van der Waals surface area (Å²) in [5, 5.41) is 6.91. The molecule has 0 spiro atoms. The normalized spacial score (nSPS) is 17.1. The molecule has 3 nitrogen and oxygen atoms in total. The van der Waals surface area contributed by atoms with Gasteiger partial charge in [-0.25, -0.2) is 0 Å². The number of rotatable bonds is 6. The van der Waals surface area contributed by atoms with Gasteiger partial charge >= 0.3 is 0 Å². The van der Waals surface area contributed by atoms with Gasteiger partial charge in [0.2, 0.25) is 5.91 Å². The average molecular weight is 295 g/mol. The molecule has 1 fully saturated rings. The van der Waals surface area contributed by atoms with Crippen molar-refractivity contribution in [3.8, 4) is 0 Å². The minimum Gasteiger partial charge on any atom is -0.355 e. The van der Waals surface area contributed by atoms with Gasteiger partial charge in [-0.05, 0) is 50.6 Å². The molecule has 0 bridgehead atoms. The summed E-state index contributed by atoms with van der Waals surface area (Å²) < 4.78 is 0. The molecular formula is C16H23ClN2O. The van der Waals surface area contributed by atoms with E-state index in [-0.39, 0.29) is 11.3 Å². The van der Waals surface area contributed by atoms with E-state index < -0.39 is 0 Å². The minimum absolute atomic E-state index is 0.174. The van der Waals surface area contributed by atoms with Crippen LogP contribution in [0, 0.1) is 0 Å². The van der Waals surface area contributed by atoms with Crippen LogP contribution in [0.2, 0.25) is 5.02 Å². The number of carbonyl (C=O) groups excluding carboxylic acids is 1. The first-order chi connectivity index (χ1) is 9.69. The quantitative estimate of drug-likeness (QED) is 0.792. The third kappa shape index (κ3) is 3.33. The number of amides is 1. The molecule has 20 heavy (non-hydrogen) atoms. The SMILES string of the molecule is CNCCCNC(=O)C1(c2ccc(Cl)cc2)CCCC1. The summed E-state index contributed by atoms with van der Waals surface area (Å²) in [6, 6.07) is 7.76. The maximum Gasteiger partial charge on any atom is 0.230 e. The summed E-state index contributed by atoms with van der Waals surface area (Å²) in [4.78, 5) is 12.7. The van der Waals surface area contributed by atoms with Crippen molar-refractivity contribution in [2.24, 2.45) is 0 Å². The Labute approximate surface area is 126 Å². The molecule has 1 aliphatic rings. The molecule has 0 saturated heterocycles. The van der Waals surface area contributed by atoms with Crippen LogP contribution in [0.15, 0.2) is 24.3 Å². The molecule has 110 valence electrons. The maximum atomic E-state index is 12.7. The Bertz CT molecular complexity index is 438. The van der Waals surface area contributed by atoms with E-state index in [0.717, 1.165) is 55.8 Å². The average Bonchev–Trinajstić information content (AvgIpc) is 2.95. The molecule has 4 heteroatoms. The number of nitrogens with one attached hydrogen (secondary N) is 2. The molecule has 0 aliphatic heterocycles. The first kappa shape index (κ1) is 15.3. The summed E-state index contributed by atoms with van der Waals surface area (Å²) in [5.41, 5.74) is 0.759. The van der Waals surface area contributed by atoms with Gasteiger partial charge in [-0.1, -0.05) is 36.6 Å². The van der Waals surface area contributed by atoms with E-state index in [4.69, 9.17) is 11.6 Å². The van der Waals surface area contributed by atoms with E-state index in [1.54, 1.807) is 0 Å². The lowest BCUT2D eigenvalue weighted by molar-refractivity contribution is -0.126. The molecule has 1 amide bonds. The fourth-order valence-corrected chi connectivity index (χ4v) is 3.16. The Morgan fingerprint density at radius 2 is 1.85 bits per heavy atom. The van der Waals surface area contributed by atoms with E-state index in [0.29, 0.717) is 0 Å². The Morgan fingerprint density at radius 1 is 1.20 bits per heavy atom. The molecule has 1 aromatic rings. The second-order valence-corrected chi connectivity index (χ2v) is 5.95. The number of benzene rings is 1. The van der Waals surface area contributed by atoms with Crippen LogP contribution in [0.1, 0.15) is 37.7 Å². The van der Waals surface area contributed by atoms with Crippen LogP contribution in [0.4, 0.5) is 0 Å². The van der Waals surface area contributed by atoms with Crippen LogP contribution in [0.3, 0.4) is 0 Å². The molecule has 1 aliphatic carbocycles. The van der Waals surface area contributed by atoms with Crippen LogP contribution in [-0.2, 0) is 10.2 Å². The number of hydrogen-bond donors (Lipinski definition) is 2. The number of carbonyl (C=O) groups is 1. The second-order valence-electron chi connectivity index (χ2n) is 5.51. The van der Waals surface area contributed by atoms with Crippen LogP contribution in [0.5, 0.6) is 0 Å². The van der Waals surface area contributed by atoms with E-state index in [1.807, 2.05) is 31.3 Å². The van der Waals surface area contributed by atoms with Crippen molar-refractivity contribution in [3.63, 3.8) is 0 Å². The van der Waals surface area contributed by atoms with Crippen molar-refractivity contribution >= 4 is 17.5 Å². The lowest BCUT2D eigenvalue weighted by Crippen LogP contribution is -2.43. The lowest BCUT2D eigenvalue weighted by Gasteiger charge is -2.28. The van der Waals surface area contributed by atoms with Gasteiger partial charge in [-0.2, -0.15) is 0 Å². The van der Waals surface area contributed by atoms with Gasteiger partial charge in [-0.15, -0.1) is 0 Å². The van der Waals surface area contributed by atoms with Gasteiger partial charge in [0.25, 0.3) is 0 Å². The monoisotopic (exact) mass is 294 g/mol. The zero-order valence-corrected chi connectivity index (χ0v) is 12.8. The van der Waals surface area contributed by atoms with Gasteiger partial charge in [-0.3, -0.25) is 4.79 Å². The van der Waals surface area contributed by atoms with Gasteiger partial charge < -0.3 is 10.6 Å². The molecular weight excluding hydrogens is 272 g/mol. The number of hydrogen-bond acceptors (Lipinski definition) is 2. The van der Waals surface area contributed by atoms with Crippen LogP contribution in [0.25, 0.3) is 0 Å². The fraction of sp³-hybridized carbons (Fsp3) is 0.562. The highest BCUT2D eigenvalue weighted by Crippen LogP contribution is 2.41. The summed E-state index contributed by atoms with van der Waals surface area (Å²) in [6.07, 6.45) is 5.07. The third-order valence-electron chi connectivity index (χ3n) is 4.18. The smallest absolute Gasteiger partial charge is 0.230 e. The molecule has 0 radical (unpaired) electrons. The van der Waals surface area contributed by atoms with E-state index in [9.17, 15) is 4.79 Å². The van der Waals surface area contributed by atoms with E-state index >= 15 is 0 Å². The van der Waals surface area contributed by atoms with Crippen molar-refractivity contribution in [3.05, 3.63) is 34.9 Å². The topological polar surface area (TPSA) is 41.1 Å². The zero-order valence-electron chi connectivity index (χ0n) is 12.0. The molecule has 0 atom stereocenters. The highest BCUT2D eigenvalue weighted by atomic mass is 35.5. The summed E-state index contributed by atoms with van der Waals surface area (Å²) >= 11 is 5.95. The molecule has 0 unspecified atom stereocenters. The lowest BCUT2D eigenvalue weighted by atomic mass is 9.78. The first-order valence-corrected chi connectivity index (χ1v) is 7.76. The van der Waals surface area contributed by atoms with E-state index in [1.165, 1.54) is 0 Å². The Kier molecular flexibility index (Phi) is 5.44. The Balaban J connectivity index is 2.09. The highest BCUT2D eigenvalue weighted by Gasteiger charge is 2.42. The first-order valence-electron chi connectivity index (χ1n) is 7.38. The van der Waals surface area contributed by atoms with Gasteiger partial charge in [0.1, 0.15) is 0 Å². The number of halogens is 1. The highest BCUT2D eigenvalue weighted by molar-refractivity contribution is 6.30. The molecule has 2 rings (SSSR count). The van der Waals surface area contributed by atoms with Crippen molar-refractivity contribution < 1.29 is 4.79 Å². The van der Waals surface area contributed by atoms with Crippen molar-refractivity contribution in [1.82, 2.24) is 10.6 Å². The third-order valence-corrected chi connectivity index (χ3v) is 4.43. The molecule has 1 saturated carbocycles. The van der Waals surface area contributed by atoms with Crippen LogP contribution in [-0.4, -0.2) is 26.0 Å². The summed E-state index contributed by atoms with van der Waals surface area (Å²) in [5.74, 6) is 0.174. The van der Waals surface area contributed by atoms with Gasteiger partial charge in [0.05, 0.1) is 5.41 Å². The maximum absolute atomic E-state index is 12.7. The molecule has 1 aromatic carbocycles. The predicted molar refractivity (Wildman–Crippen MR) is 83.2 cm³/mol. The zero-order chi connectivity index (χ0) is 14.4. The molecule has 0 heterocycles. The Morgan fingerprint density at radius 3 is 2.45 bits per heavy atom. The molecule has 0 aromatic heterocycles. The fourth-order valence-electron chi connectivity index (χ4n) is 3.03. The van der Waals surface area contributed by atoms with Crippen LogP contribution >= 0.6 is 11.6 Å².